The number of imide groups is 1. The molecule has 0 bridgehead atoms. The highest BCUT2D eigenvalue weighted by Gasteiger charge is 2.35. The molecule has 2 aliphatic rings. The van der Waals surface area contributed by atoms with Gasteiger partial charge in [-0.2, -0.15) is 0 Å². The van der Waals surface area contributed by atoms with Crippen molar-refractivity contribution in [1.29, 1.82) is 0 Å². The number of fused-ring (bicyclic) bond motifs is 1. The van der Waals surface area contributed by atoms with E-state index in [2.05, 4.69) is 0 Å². The molecule has 2 heterocycles. The number of nitro benzene ring substituents is 1. The highest BCUT2D eigenvalue weighted by molar-refractivity contribution is 8.18. The number of nitro groups is 1. The molecule has 2 aliphatic heterocycles. The first-order valence-corrected chi connectivity index (χ1v) is 7.66. The number of nitrogens with zero attached hydrogens (tertiary/aromatic N) is 2. The summed E-state index contributed by atoms with van der Waals surface area (Å²) in [7, 11) is 0. The second kappa shape index (κ2) is 5.92. The van der Waals surface area contributed by atoms with Crippen molar-refractivity contribution in [3.8, 4) is 11.5 Å². The second-order valence-corrected chi connectivity index (χ2v) is 5.85. The maximum absolute atomic E-state index is 12.2. The summed E-state index contributed by atoms with van der Waals surface area (Å²) >= 11 is 0.774. The van der Waals surface area contributed by atoms with Crippen molar-refractivity contribution in [3.05, 3.63) is 32.7 Å². The Morgan fingerprint density at radius 2 is 2.04 bits per heavy atom. The number of amides is 2. The third-order valence-corrected chi connectivity index (χ3v) is 4.23. The van der Waals surface area contributed by atoms with Gasteiger partial charge in [0.2, 0.25) is 6.79 Å². The maximum atomic E-state index is 12.2. The van der Waals surface area contributed by atoms with E-state index in [-0.39, 0.29) is 33.9 Å². The molecule has 1 aromatic rings. The van der Waals surface area contributed by atoms with Gasteiger partial charge in [0.05, 0.1) is 21.5 Å². The average Bonchev–Trinajstić information content (AvgIpc) is 3.06. The Hall–Kier alpha value is -2.55. The van der Waals surface area contributed by atoms with E-state index in [1.807, 2.05) is 6.92 Å². The molecular weight excluding hydrogens is 324 g/mol. The molecular formula is C14H12N2O6S. The number of hydrogen-bond donors (Lipinski definition) is 0. The molecule has 0 unspecified atom stereocenters. The highest BCUT2D eigenvalue weighted by atomic mass is 32.2. The molecule has 0 saturated carbocycles. The van der Waals surface area contributed by atoms with Crippen molar-refractivity contribution >= 4 is 34.7 Å². The minimum absolute atomic E-state index is 0.0110. The Kier molecular flexibility index (Phi) is 3.95. The molecule has 0 radical (unpaired) electrons. The molecule has 3 rings (SSSR count). The second-order valence-electron chi connectivity index (χ2n) is 4.85. The lowest BCUT2D eigenvalue weighted by atomic mass is 10.1. The first-order chi connectivity index (χ1) is 11.0. The van der Waals surface area contributed by atoms with Gasteiger partial charge >= 0.3 is 0 Å². The smallest absolute Gasteiger partial charge is 0.293 e. The Bertz CT molecular complexity index is 745. The van der Waals surface area contributed by atoms with E-state index in [0.29, 0.717) is 18.7 Å². The van der Waals surface area contributed by atoms with Gasteiger partial charge in [-0.15, -0.1) is 0 Å². The molecule has 120 valence electrons. The van der Waals surface area contributed by atoms with Crippen LogP contribution >= 0.6 is 11.8 Å². The van der Waals surface area contributed by atoms with Gasteiger partial charge in [-0.1, -0.05) is 6.92 Å². The van der Waals surface area contributed by atoms with Crippen molar-refractivity contribution in [2.75, 3.05) is 13.3 Å². The van der Waals surface area contributed by atoms with E-state index in [9.17, 15) is 19.7 Å². The van der Waals surface area contributed by atoms with Gasteiger partial charge in [0.1, 0.15) is 0 Å². The molecule has 9 heteroatoms. The van der Waals surface area contributed by atoms with E-state index < -0.39 is 10.8 Å². The van der Waals surface area contributed by atoms with Crippen molar-refractivity contribution < 1.29 is 24.0 Å². The SMILES string of the molecule is CCCN1C(=O)S/C(=C\c2cc3c(cc2[N+](=O)[O-])OCO3)C1=O. The van der Waals surface area contributed by atoms with Crippen LogP contribution < -0.4 is 9.47 Å². The van der Waals surface area contributed by atoms with Crippen LogP contribution in [0, 0.1) is 10.1 Å². The van der Waals surface area contributed by atoms with Gasteiger partial charge in [-0.25, -0.2) is 0 Å². The zero-order valence-electron chi connectivity index (χ0n) is 12.1. The lowest BCUT2D eigenvalue weighted by Crippen LogP contribution is -2.28. The van der Waals surface area contributed by atoms with Gasteiger partial charge < -0.3 is 9.47 Å². The molecule has 1 fully saturated rings. The van der Waals surface area contributed by atoms with Gasteiger partial charge in [0, 0.05) is 6.54 Å². The summed E-state index contributed by atoms with van der Waals surface area (Å²) in [5, 5.41) is 10.8. The molecule has 0 N–H and O–H groups in total. The fourth-order valence-electron chi connectivity index (χ4n) is 2.28. The minimum atomic E-state index is -0.565. The molecule has 0 aromatic heterocycles. The molecule has 0 spiro atoms. The Labute approximate surface area is 135 Å². The van der Waals surface area contributed by atoms with Gasteiger partial charge in [0.25, 0.3) is 16.8 Å². The van der Waals surface area contributed by atoms with E-state index >= 15 is 0 Å². The fraction of sp³-hybridized carbons (Fsp3) is 0.286. The molecule has 1 aromatic carbocycles. The quantitative estimate of drug-likeness (QED) is 0.473. The number of carbonyl (C=O) groups is 2. The summed E-state index contributed by atoms with van der Waals surface area (Å²) in [5.41, 5.74) is -0.0159. The van der Waals surface area contributed by atoms with Crippen LogP contribution in [-0.2, 0) is 4.79 Å². The highest BCUT2D eigenvalue weighted by Crippen LogP contribution is 2.40. The monoisotopic (exact) mass is 336 g/mol. The van der Waals surface area contributed by atoms with Crippen LogP contribution in [0.2, 0.25) is 0 Å². The zero-order chi connectivity index (χ0) is 16.6. The molecule has 23 heavy (non-hydrogen) atoms. The van der Waals surface area contributed by atoms with Crippen molar-refractivity contribution in [1.82, 2.24) is 4.90 Å². The van der Waals surface area contributed by atoms with E-state index in [0.717, 1.165) is 16.7 Å². The van der Waals surface area contributed by atoms with E-state index in [1.165, 1.54) is 18.2 Å². The Morgan fingerprint density at radius 1 is 1.35 bits per heavy atom. The van der Waals surface area contributed by atoms with E-state index in [4.69, 9.17) is 9.47 Å². The number of thioether (sulfide) groups is 1. The normalized spacial score (nSPS) is 18.1. The Morgan fingerprint density at radius 3 is 2.70 bits per heavy atom. The topological polar surface area (TPSA) is 99.0 Å². The lowest BCUT2D eigenvalue weighted by Gasteiger charge is -2.09. The Balaban J connectivity index is 2.01. The predicted octanol–water partition coefficient (Wildman–Crippen LogP) is 2.77. The van der Waals surface area contributed by atoms with Crippen LogP contribution in [0.15, 0.2) is 17.0 Å². The summed E-state index contributed by atoms with van der Waals surface area (Å²) in [6, 6.07) is 2.69. The first-order valence-electron chi connectivity index (χ1n) is 6.84. The molecule has 8 nitrogen and oxygen atoms in total. The van der Waals surface area contributed by atoms with Crippen LogP contribution in [0.4, 0.5) is 10.5 Å². The minimum Gasteiger partial charge on any atom is -0.454 e. The van der Waals surface area contributed by atoms with Gasteiger partial charge in [0.15, 0.2) is 11.5 Å². The number of benzene rings is 1. The standard InChI is InChI=1S/C14H12N2O6S/c1-2-3-15-13(17)12(23-14(15)18)5-8-4-10-11(22-7-21-10)6-9(8)16(19)20/h4-6H,2-3,7H2,1H3/b12-5-. The summed E-state index contributed by atoms with van der Waals surface area (Å²) in [4.78, 5) is 36.0. The van der Waals surface area contributed by atoms with Crippen molar-refractivity contribution in [2.24, 2.45) is 0 Å². The lowest BCUT2D eigenvalue weighted by molar-refractivity contribution is -0.385. The number of rotatable bonds is 4. The largest absolute Gasteiger partial charge is 0.454 e. The molecule has 2 amide bonds. The number of carbonyl (C=O) groups excluding carboxylic acids is 2. The van der Waals surface area contributed by atoms with Gasteiger partial charge in [-0.3, -0.25) is 24.6 Å². The first kappa shape index (κ1) is 15.3. The van der Waals surface area contributed by atoms with Crippen LogP contribution in [0.1, 0.15) is 18.9 Å². The van der Waals surface area contributed by atoms with Crippen LogP contribution in [-0.4, -0.2) is 34.3 Å². The molecule has 0 aliphatic carbocycles. The maximum Gasteiger partial charge on any atom is 0.293 e. The molecule has 0 atom stereocenters. The van der Waals surface area contributed by atoms with Crippen LogP contribution in [0.25, 0.3) is 6.08 Å². The number of hydrogen-bond acceptors (Lipinski definition) is 7. The zero-order valence-corrected chi connectivity index (χ0v) is 12.9. The van der Waals surface area contributed by atoms with Gasteiger partial charge in [-0.05, 0) is 30.3 Å². The summed E-state index contributed by atoms with van der Waals surface area (Å²) in [6.45, 7) is 2.17. The third-order valence-electron chi connectivity index (χ3n) is 3.33. The van der Waals surface area contributed by atoms with Crippen molar-refractivity contribution in [2.45, 2.75) is 13.3 Å². The summed E-state index contributed by atoms with van der Waals surface area (Å²) < 4.78 is 10.3. The predicted molar refractivity (Wildman–Crippen MR) is 82.2 cm³/mol. The van der Waals surface area contributed by atoms with E-state index in [1.54, 1.807) is 0 Å². The third kappa shape index (κ3) is 2.74. The number of ether oxygens (including phenoxy) is 2. The van der Waals surface area contributed by atoms with Crippen LogP contribution in [0.3, 0.4) is 0 Å². The van der Waals surface area contributed by atoms with Crippen LogP contribution in [0.5, 0.6) is 11.5 Å². The van der Waals surface area contributed by atoms with Crippen molar-refractivity contribution in [3.63, 3.8) is 0 Å². The molecule has 1 saturated heterocycles. The summed E-state index contributed by atoms with van der Waals surface area (Å²) in [5.74, 6) is 0.219. The average molecular weight is 336 g/mol. The summed E-state index contributed by atoms with van der Waals surface area (Å²) in [6.07, 6.45) is 2.00. The fourth-order valence-corrected chi connectivity index (χ4v) is 3.13.